The minimum absolute atomic E-state index is 0.0468. The number of allylic oxidation sites excluding steroid dienone is 1. The van der Waals surface area contributed by atoms with Gasteiger partial charge in [0, 0.05) is 6.54 Å². The summed E-state index contributed by atoms with van der Waals surface area (Å²) in [6.07, 6.45) is 3.49. The highest BCUT2D eigenvalue weighted by Crippen LogP contribution is 2.38. The molecule has 34 heavy (non-hydrogen) atoms. The Morgan fingerprint density at radius 3 is 1.97 bits per heavy atom. The van der Waals surface area contributed by atoms with Crippen LogP contribution in [0.2, 0.25) is 5.04 Å². The van der Waals surface area contributed by atoms with Gasteiger partial charge in [0.25, 0.3) is 8.32 Å². The van der Waals surface area contributed by atoms with Crippen molar-refractivity contribution in [2.75, 3.05) is 13.2 Å². The molecule has 1 aliphatic rings. The van der Waals surface area contributed by atoms with E-state index in [1.165, 1.54) is 10.4 Å². The third-order valence-corrected chi connectivity index (χ3v) is 11.7. The lowest BCUT2D eigenvalue weighted by Crippen LogP contribution is -2.67. The quantitative estimate of drug-likeness (QED) is 0.374. The molecule has 2 aromatic rings. The van der Waals surface area contributed by atoms with Crippen LogP contribution in [0.4, 0.5) is 4.79 Å². The summed E-state index contributed by atoms with van der Waals surface area (Å²) < 4.78 is 13.0. The van der Waals surface area contributed by atoms with Gasteiger partial charge in [0.15, 0.2) is 0 Å². The largest absolute Gasteiger partial charge is 0.444 e. The van der Waals surface area contributed by atoms with Crippen LogP contribution in [0.5, 0.6) is 0 Å². The normalized spacial score (nSPS) is 19.2. The van der Waals surface area contributed by atoms with Crippen molar-refractivity contribution in [3.8, 4) is 0 Å². The maximum atomic E-state index is 13.1. The smallest absolute Gasteiger partial charge is 0.410 e. The van der Waals surface area contributed by atoms with Gasteiger partial charge in [-0.25, -0.2) is 4.79 Å². The Hall–Kier alpha value is -2.37. The predicted molar refractivity (Wildman–Crippen MR) is 143 cm³/mol. The summed E-state index contributed by atoms with van der Waals surface area (Å²) in [5.74, 6) is 0.309. The van der Waals surface area contributed by atoms with E-state index in [9.17, 15) is 4.79 Å². The van der Waals surface area contributed by atoms with Crippen LogP contribution in [0.25, 0.3) is 0 Å². The van der Waals surface area contributed by atoms with Crippen LogP contribution in [-0.2, 0) is 9.16 Å². The van der Waals surface area contributed by atoms with Crippen molar-refractivity contribution >= 4 is 24.8 Å². The number of carbonyl (C=O) groups excluding carboxylic acids is 1. The Morgan fingerprint density at radius 1 is 1.00 bits per heavy atom. The van der Waals surface area contributed by atoms with E-state index >= 15 is 0 Å². The fourth-order valence-corrected chi connectivity index (χ4v) is 9.73. The second-order valence-electron chi connectivity index (χ2n) is 11.3. The van der Waals surface area contributed by atoms with E-state index in [-0.39, 0.29) is 17.2 Å². The molecule has 2 atom stereocenters. The zero-order chi connectivity index (χ0) is 25.0. The van der Waals surface area contributed by atoms with Crippen molar-refractivity contribution in [3.63, 3.8) is 0 Å². The van der Waals surface area contributed by atoms with Gasteiger partial charge >= 0.3 is 6.09 Å². The molecule has 5 heteroatoms. The molecule has 0 aromatic heterocycles. The molecule has 0 saturated carbocycles. The fraction of sp³-hybridized carbons (Fsp3) is 0.483. The summed E-state index contributed by atoms with van der Waals surface area (Å²) in [4.78, 5) is 15.0. The van der Waals surface area contributed by atoms with Gasteiger partial charge in [0.05, 0.1) is 12.6 Å². The molecule has 0 bridgehead atoms. The van der Waals surface area contributed by atoms with Gasteiger partial charge in [-0.2, -0.15) is 0 Å². The molecule has 0 unspecified atom stereocenters. The number of benzene rings is 2. The number of nitrogens with zero attached hydrogens (tertiary/aromatic N) is 1. The lowest BCUT2D eigenvalue weighted by atomic mass is 9.97. The molecule has 0 radical (unpaired) electrons. The second kappa shape index (κ2) is 10.5. The summed E-state index contributed by atoms with van der Waals surface area (Å²) in [5.41, 5.74) is -0.531. The van der Waals surface area contributed by atoms with E-state index < -0.39 is 13.9 Å². The second-order valence-corrected chi connectivity index (χ2v) is 15.6. The highest BCUT2D eigenvalue weighted by atomic mass is 28.4. The Balaban J connectivity index is 2.01. The van der Waals surface area contributed by atoms with Crippen molar-refractivity contribution in [1.82, 2.24) is 4.90 Å². The number of rotatable bonds is 7. The minimum atomic E-state index is -2.69. The molecule has 1 saturated heterocycles. The SMILES string of the molecule is C=CC[C@H]1CCN(C(=O)OC(C)(C)C)[C@@H]1CO[Si](c1ccccc1)(c1ccccc1)C(C)(C)C. The Bertz CT molecular complexity index is 907. The third-order valence-electron chi connectivity index (χ3n) is 6.67. The molecule has 1 fully saturated rings. The number of likely N-dealkylation sites (tertiary alicyclic amines) is 1. The Labute approximate surface area is 207 Å². The summed E-state index contributed by atoms with van der Waals surface area (Å²) in [7, 11) is -2.69. The average Bonchev–Trinajstić information content (AvgIpc) is 3.17. The molecule has 1 aliphatic heterocycles. The standard InChI is InChI=1S/C29H41NO3Si/c1-8-15-23-20-21-30(27(31)33-28(2,3)4)26(23)22-32-34(29(5,6)7,24-16-11-9-12-17-24)25-18-13-10-14-19-25/h8-14,16-19,23,26H,1,15,20-22H2,2-7H3/t23-,26+/m0/s1. The van der Waals surface area contributed by atoms with E-state index in [0.29, 0.717) is 19.1 Å². The van der Waals surface area contributed by atoms with Crippen molar-refractivity contribution in [1.29, 1.82) is 0 Å². The number of amides is 1. The van der Waals surface area contributed by atoms with Crippen LogP contribution in [-0.4, -0.2) is 44.1 Å². The molecule has 1 amide bonds. The van der Waals surface area contributed by atoms with E-state index in [4.69, 9.17) is 9.16 Å². The number of ether oxygens (including phenoxy) is 1. The molecule has 0 aliphatic carbocycles. The number of carbonyl (C=O) groups is 1. The summed E-state index contributed by atoms with van der Waals surface area (Å²) in [5, 5.41) is 2.38. The van der Waals surface area contributed by atoms with E-state index in [2.05, 4.69) is 88.0 Å². The van der Waals surface area contributed by atoms with Crippen LogP contribution in [0.1, 0.15) is 54.4 Å². The minimum Gasteiger partial charge on any atom is -0.444 e. The van der Waals surface area contributed by atoms with Gasteiger partial charge in [-0.05, 0) is 54.9 Å². The molecule has 0 spiro atoms. The molecular weight excluding hydrogens is 438 g/mol. The van der Waals surface area contributed by atoms with Gasteiger partial charge in [-0.15, -0.1) is 6.58 Å². The Kier molecular flexibility index (Phi) is 8.09. The van der Waals surface area contributed by atoms with Crippen molar-refractivity contribution in [2.45, 2.75) is 71.1 Å². The van der Waals surface area contributed by atoms with E-state index in [1.807, 2.05) is 31.7 Å². The van der Waals surface area contributed by atoms with Crippen LogP contribution < -0.4 is 10.4 Å². The number of hydrogen-bond donors (Lipinski definition) is 0. The van der Waals surface area contributed by atoms with Crippen LogP contribution >= 0.6 is 0 Å². The van der Waals surface area contributed by atoms with E-state index in [0.717, 1.165) is 12.8 Å². The average molecular weight is 480 g/mol. The van der Waals surface area contributed by atoms with Gasteiger partial charge in [0.1, 0.15) is 5.60 Å². The molecule has 4 nitrogen and oxygen atoms in total. The molecule has 2 aromatic carbocycles. The first-order valence-corrected chi connectivity index (χ1v) is 14.3. The van der Waals surface area contributed by atoms with E-state index in [1.54, 1.807) is 0 Å². The van der Waals surface area contributed by atoms with Crippen molar-refractivity contribution in [3.05, 3.63) is 73.3 Å². The highest BCUT2D eigenvalue weighted by Gasteiger charge is 2.51. The third kappa shape index (κ3) is 5.64. The molecule has 1 heterocycles. The first-order valence-electron chi connectivity index (χ1n) is 12.3. The Morgan fingerprint density at radius 2 is 1.53 bits per heavy atom. The van der Waals surface area contributed by atoms with Crippen LogP contribution in [0.15, 0.2) is 73.3 Å². The summed E-state index contributed by atoms with van der Waals surface area (Å²) >= 11 is 0. The zero-order valence-electron chi connectivity index (χ0n) is 21.7. The lowest BCUT2D eigenvalue weighted by molar-refractivity contribution is 0.0156. The van der Waals surface area contributed by atoms with Gasteiger partial charge in [0.2, 0.25) is 0 Å². The first-order chi connectivity index (χ1) is 16.0. The number of hydrogen-bond acceptors (Lipinski definition) is 3. The topological polar surface area (TPSA) is 38.8 Å². The maximum absolute atomic E-state index is 13.1. The van der Waals surface area contributed by atoms with Crippen molar-refractivity contribution in [2.24, 2.45) is 5.92 Å². The lowest BCUT2D eigenvalue weighted by Gasteiger charge is -2.44. The predicted octanol–water partition coefficient (Wildman–Crippen LogP) is 5.76. The molecule has 0 N–H and O–H groups in total. The van der Waals surface area contributed by atoms with Crippen molar-refractivity contribution < 1.29 is 14.0 Å². The molecule has 3 rings (SSSR count). The monoisotopic (exact) mass is 479 g/mol. The van der Waals surface area contributed by atoms with Crippen LogP contribution in [0.3, 0.4) is 0 Å². The zero-order valence-corrected chi connectivity index (χ0v) is 22.7. The van der Waals surface area contributed by atoms with Gasteiger partial charge in [-0.1, -0.05) is 87.5 Å². The van der Waals surface area contributed by atoms with Gasteiger partial charge in [-0.3, -0.25) is 0 Å². The molecule has 184 valence electrons. The first kappa shape index (κ1) is 26.2. The summed E-state index contributed by atoms with van der Waals surface area (Å²) in [6.45, 7) is 17.7. The fourth-order valence-electron chi connectivity index (χ4n) is 5.15. The maximum Gasteiger partial charge on any atom is 0.410 e. The molecular formula is C29H41NO3Si. The van der Waals surface area contributed by atoms with Gasteiger partial charge < -0.3 is 14.1 Å². The highest BCUT2D eigenvalue weighted by molar-refractivity contribution is 6.99. The van der Waals surface area contributed by atoms with Crippen LogP contribution in [0, 0.1) is 5.92 Å². The summed E-state index contributed by atoms with van der Waals surface area (Å²) in [6, 6.07) is 21.2.